The number of hydrogen-bond acceptors (Lipinski definition) is 2. The van der Waals surface area contributed by atoms with Crippen molar-refractivity contribution in [3.05, 3.63) is 76.7 Å². The standard InChI is InChI=1S/C17H13ClFNO/c18-14-8-6-12(9-15(14)19)17(21)10-13-7-5-11-3-1-2-4-16(11)20-13/h1-9,17,21H,10H2. The van der Waals surface area contributed by atoms with Crippen LogP contribution in [0.15, 0.2) is 54.6 Å². The Kier molecular flexibility index (Phi) is 3.86. The number of benzene rings is 2. The summed E-state index contributed by atoms with van der Waals surface area (Å²) >= 11 is 5.64. The predicted molar refractivity (Wildman–Crippen MR) is 81.8 cm³/mol. The molecule has 1 unspecified atom stereocenters. The van der Waals surface area contributed by atoms with Gasteiger partial charge in [0, 0.05) is 17.5 Å². The highest BCUT2D eigenvalue weighted by atomic mass is 35.5. The van der Waals surface area contributed by atoms with Crippen molar-refractivity contribution in [2.45, 2.75) is 12.5 Å². The molecule has 21 heavy (non-hydrogen) atoms. The van der Waals surface area contributed by atoms with Crippen molar-refractivity contribution in [3.8, 4) is 0 Å². The number of fused-ring (bicyclic) bond motifs is 1. The molecule has 4 heteroatoms. The van der Waals surface area contributed by atoms with Crippen LogP contribution in [0.1, 0.15) is 17.4 Å². The number of para-hydroxylation sites is 1. The van der Waals surface area contributed by atoms with Crippen molar-refractivity contribution in [2.75, 3.05) is 0 Å². The molecule has 0 saturated carbocycles. The maximum atomic E-state index is 13.4. The van der Waals surface area contributed by atoms with Crippen molar-refractivity contribution in [1.29, 1.82) is 0 Å². The van der Waals surface area contributed by atoms with E-state index in [9.17, 15) is 9.50 Å². The van der Waals surface area contributed by atoms with E-state index in [1.54, 1.807) is 6.07 Å². The second kappa shape index (κ2) is 5.80. The Labute approximate surface area is 126 Å². The first kappa shape index (κ1) is 14.0. The maximum Gasteiger partial charge on any atom is 0.142 e. The van der Waals surface area contributed by atoms with Crippen LogP contribution in [-0.2, 0) is 6.42 Å². The van der Waals surface area contributed by atoms with Crippen LogP contribution in [0.25, 0.3) is 10.9 Å². The van der Waals surface area contributed by atoms with Crippen LogP contribution < -0.4 is 0 Å². The highest BCUT2D eigenvalue weighted by Crippen LogP contribution is 2.23. The summed E-state index contributed by atoms with van der Waals surface area (Å²) in [5.74, 6) is -0.528. The van der Waals surface area contributed by atoms with Gasteiger partial charge < -0.3 is 5.11 Å². The van der Waals surface area contributed by atoms with Crippen LogP contribution in [0.4, 0.5) is 4.39 Å². The Bertz CT molecular complexity index is 791. The molecular weight excluding hydrogens is 289 g/mol. The molecule has 0 fully saturated rings. The summed E-state index contributed by atoms with van der Waals surface area (Å²) in [6.45, 7) is 0. The number of nitrogens with zero attached hydrogens (tertiary/aromatic N) is 1. The molecule has 0 amide bonds. The first-order valence-corrected chi connectivity index (χ1v) is 6.99. The van der Waals surface area contributed by atoms with Gasteiger partial charge in [-0.15, -0.1) is 0 Å². The fraction of sp³-hybridized carbons (Fsp3) is 0.118. The lowest BCUT2D eigenvalue weighted by Gasteiger charge is -2.11. The smallest absolute Gasteiger partial charge is 0.142 e. The molecular formula is C17H13ClFNO. The fourth-order valence-corrected chi connectivity index (χ4v) is 2.38. The van der Waals surface area contributed by atoms with Gasteiger partial charge in [0.1, 0.15) is 5.82 Å². The molecule has 1 heterocycles. The highest BCUT2D eigenvalue weighted by Gasteiger charge is 2.12. The van der Waals surface area contributed by atoms with Gasteiger partial charge in [-0.3, -0.25) is 4.98 Å². The van der Waals surface area contributed by atoms with E-state index >= 15 is 0 Å². The fourth-order valence-electron chi connectivity index (χ4n) is 2.26. The van der Waals surface area contributed by atoms with Crippen LogP contribution in [0.2, 0.25) is 5.02 Å². The zero-order valence-electron chi connectivity index (χ0n) is 11.1. The molecule has 0 aliphatic carbocycles. The van der Waals surface area contributed by atoms with Gasteiger partial charge in [0.25, 0.3) is 0 Å². The molecule has 3 rings (SSSR count). The third-order valence-electron chi connectivity index (χ3n) is 3.39. The minimum atomic E-state index is -0.814. The lowest BCUT2D eigenvalue weighted by molar-refractivity contribution is 0.177. The highest BCUT2D eigenvalue weighted by molar-refractivity contribution is 6.30. The van der Waals surface area contributed by atoms with Gasteiger partial charge in [0.15, 0.2) is 0 Å². The lowest BCUT2D eigenvalue weighted by Crippen LogP contribution is -2.04. The predicted octanol–water partition coefficient (Wildman–Crippen LogP) is 4.30. The van der Waals surface area contributed by atoms with Gasteiger partial charge in [-0.05, 0) is 29.8 Å². The SMILES string of the molecule is OC(Cc1ccc2ccccc2n1)c1ccc(Cl)c(F)c1. The number of hydrogen-bond donors (Lipinski definition) is 1. The molecule has 1 N–H and O–H groups in total. The van der Waals surface area contributed by atoms with Crippen molar-refractivity contribution in [3.63, 3.8) is 0 Å². The number of aliphatic hydroxyl groups excluding tert-OH is 1. The average Bonchev–Trinajstić information content (AvgIpc) is 2.50. The summed E-state index contributed by atoms with van der Waals surface area (Å²) in [6, 6.07) is 15.9. The van der Waals surface area contributed by atoms with Gasteiger partial charge in [0.05, 0.1) is 16.6 Å². The summed E-state index contributed by atoms with van der Waals surface area (Å²) in [5.41, 5.74) is 2.13. The summed E-state index contributed by atoms with van der Waals surface area (Å²) < 4.78 is 13.4. The topological polar surface area (TPSA) is 33.1 Å². The van der Waals surface area contributed by atoms with Crippen molar-refractivity contribution in [2.24, 2.45) is 0 Å². The van der Waals surface area contributed by atoms with Gasteiger partial charge in [0.2, 0.25) is 0 Å². The number of halogens is 2. The second-order valence-electron chi connectivity index (χ2n) is 4.89. The maximum absolute atomic E-state index is 13.4. The van der Waals surface area contributed by atoms with Crippen molar-refractivity contribution < 1.29 is 9.50 Å². The molecule has 0 aliphatic heterocycles. The van der Waals surface area contributed by atoms with Crippen LogP contribution >= 0.6 is 11.6 Å². The lowest BCUT2D eigenvalue weighted by atomic mass is 10.0. The molecule has 3 aromatic rings. The van der Waals surface area contributed by atoms with E-state index in [-0.39, 0.29) is 5.02 Å². The Morgan fingerprint density at radius 3 is 2.71 bits per heavy atom. The van der Waals surface area contributed by atoms with Crippen LogP contribution in [0.3, 0.4) is 0 Å². The van der Waals surface area contributed by atoms with E-state index < -0.39 is 11.9 Å². The van der Waals surface area contributed by atoms with E-state index in [0.717, 1.165) is 16.6 Å². The van der Waals surface area contributed by atoms with E-state index in [0.29, 0.717) is 12.0 Å². The normalized spacial score (nSPS) is 12.5. The third-order valence-corrected chi connectivity index (χ3v) is 3.69. The van der Waals surface area contributed by atoms with Crippen LogP contribution in [0, 0.1) is 5.82 Å². The van der Waals surface area contributed by atoms with Gasteiger partial charge in [-0.1, -0.05) is 41.9 Å². The van der Waals surface area contributed by atoms with Crippen LogP contribution in [-0.4, -0.2) is 10.1 Å². The van der Waals surface area contributed by atoms with E-state index in [4.69, 9.17) is 11.6 Å². The zero-order chi connectivity index (χ0) is 14.8. The summed E-state index contributed by atoms with van der Waals surface area (Å²) in [6.07, 6.45) is -0.489. The Morgan fingerprint density at radius 1 is 1.10 bits per heavy atom. The molecule has 0 radical (unpaired) electrons. The van der Waals surface area contributed by atoms with E-state index in [1.807, 2.05) is 36.4 Å². The number of aromatic nitrogens is 1. The molecule has 0 aliphatic rings. The molecule has 0 bridgehead atoms. The number of rotatable bonds is 3. The van der Waals surface area contributed by atoms with E-state index in [2.05, 4.69) is 4.98 Å². The number of aliphatic hydroxyl groups is 1. The Balaban J connectivity index is 1.85. The van der Waals surface area contributed by atoms with Crippen molar-refractivity contribution >= 4 is 22.5 Å². The molecule has 2 aromatic carbocycles. The average molecular weight is 302 g/mol. The van der Waals surface area contributed by atoms with E-state index in [1.165, 1.54) is 12.1 Å². The molecule has 106 valence electrons. The molecule has 1 aromatic heterocycles. The Morgan fingerprint density at radius 2 is 1.90 bits per heavy atom. The first-order chi connectivity index (χ1) is 10.1. The second-order valence-corrected chi connectivity index (χ2v) is 5.30. The molecule has 1 atom stereocenters. The zero-order valence-corrected chi connectivity index (χ0v) is 11.9. The molecule has 0 spiro atoms. The number of pyridine rings is 1. The summed E-state index contributed by atoms with van der Waals surface area (Å²) in [4.78, 5) is 4.50. The first-order valence-electron chi connectivity index (χ1n) is 6.61. The molecule has 2 nitrogen and oxygen atoms in total. The quantitative estimate of drug-likeness (QED) is 0.782. The third kappa shape index (κ3) is 3.04. The molecule has 0 saturated heterocycles. The van der Waals surface area contributed by atoms with Gasteiger partial charge in [-0.2, -0.15) is 0 Å². The largest absolute Gasteiger partial charge is 0.388 e. The summed E-state index contributed by atoms with van der Waals surface area (Å²) in [7, 11) is 0. The minimum absolute atomic E-state index is 0.0507. The Hall–Kier alpha value is -1.97. The summed E-state index contributed by atoms with van der Waals surface area (Å²) in [5, 5.41) is 11.3. The van der Waals surface area contributed by atoms with Crippen molar-refractivity contribution in [1.82, 2.24) is 4.98 Å². The minimum Gasteiger partial charge on any atom is -0.388 e. The monoisotopic (exact) mass is 301 g/mol. The van der Waals surface area contributed by atoms with Gasteiger partial charge in [-0.25, -0.2) is 4.39 Å². The van der Waals surface area contributed by atoms with Gasteiger partial charge >= 0.3 is 0 Å². The van der Waals surface area contributed by atoms with Crippen LogP contribution in [0.5, 0.6) is 0 Å².